The average molecular weight is 502 g/mol. The fourth-order valence-corrected chi connectivity index (χ4v) is 3.36. The number of benzene rings is 1. The maximum absolute atomic E-state index is 4.77. The Balaban J connectivity index is 0.00000240. The van der Waals surface area contributed by atoms with Crippen LogP contribution in [-0.2, 0) is 12.0 Å². The molecule has 1 fully saturated rings. The van der Waals surface area contributed by atoms with Crippen molar-refractivity contribution in [2.45, 2.75) is 31.7 Å². The van der Waals surface area contributed by atoms with Gasteiger partial charge in [-0.3, -0.25) is 0 Å². The lowest BCUT2D eigenvalue weighted by atomic mass is 9.96. The van der Waals surface area contributed by atoms with E-state index >= 15 is 0 Å². The monoisotopic (exact) mass is 502 g/mol. The molecule has 0 spiro atoms. The van der Waals surface area contributed by atoms with Crippen molar-refractivity contribution >= 4 is 29.9 Å². The minimum Gasteiger partial charge on any atom is -0.357 e. The number of guanidine groups is 1. The smallest absolute Gasteiger partial charge is 0.191 e. The molecular formula is C22H27IN6. The second kappa shape index (κ2) is 9.87. The van der Waals surface area contributed by atoms with E-state index in [1.54, 1.807) is 17.1 Å². The third kappa shape index (κ3) is 5.35. The number of rotatable bonds is 7. The van der Waals surface area contributed by atoms with Crippen LogP contribution in [0.25, 0.3) is 5.82 Å². The minimum atomic E-state index is 0. The van der Waals surface area contributed by atoms with E-state index in [9.17, 15) is 0 Å². The molecule has 0 atom stereocenters. The van der Waals surface area contributed by atoms with Crippen LogP contribution in [0.4, 0.5) is 0 Å². The van der Waals surface area contributed by atoms with Crippen molar-refractivity contribution in [3.63, 3.8) is 0 Å². The van der Waals surface area contributed by atoms with Crippen LogP contribution in [-0.4, -0.2) is 33.8 Å². The van der Waals surface area contributed by atoms with Gasteiger partial charge in [0, 0.05) is 37.1 Å². The number of halogens is 1. The second-order valence-corrected chi connectivity index (χ2v) is 7.17. The van der Waals surface area contributed by atoms with Crippen LogP contribution in [0.5, 0.6) is 0 Å². The van der Waals surface area contributed by atoms with Crippen molar-refractivity contribution in [3.8, 4) is 5.82 Å². The summed E-state index contributed by atoms with van der Waals surface area (Å²) in [6, 6.07) is 16.7. The first-order valence-electron chi connectivity index (χ1n) is 9.82. The summed E-state index contributed by atoms with van der Waals surface area (Å²) in [5.74, 6) is 1.65. The standard InChI is InChI=1S/C22H26N6.HI/c1-2-23-21(26-17-22(10-11-22)19-7-4-3-5-8-19)25-16-18-9-13-24-20(15-18)28-14-6-12-27-28;/h3-9,12-15H,2,10-11,16-17H2,1H3,(H2,23,25,26);1H. The summed E-state index contributed by atoms with van der Waals surface area (Å²) < 4.78 is 1.76. The van der Waals surface area contributed by atoms with Gasteiger partial charge in [0.05, 0.1) is 6.54 Å². The van der Waals surface area contributed by atoms with Gasteiger partial charge in [-0.25, -0.2) is 14.7 Å². The summed E-state index contributed by atoms with van der Waals surface area (Å²) in [6.07, 6.45) is 7.89. The van der Waals surface area contributed by atoms with Gasteiger partial charge in [-0.05, 0) is 49.1 Å². The van der Waals surface area contributed by atoms with Gasteiger partial charge in [0.2, 0.25) is 0 Å². The molecule has 1 aromatic carbocycles. The van der Waals surface area contributed by atoms with E-state index in [4.69, 9.17) is 4.99 Å². The first kappa shape index (κ1) is 21.3. The van der Waals surface area contributed by atoms with Gasteiger partial charge in [0.1, 0.15) is 0 Å². The predicted octanol–water partition coefficient (Wildman–Crippen LogP) is 3.67. The van der Waals surface area contributed by atoms with Gasteiger partial charge in [-0.15, -0.1) is 24.0 Å². The topological polar surface area (TPSA) is 67.1 Å². The maximum Gasteiger partial charge on any atom is 0.191 e. The average Bonchev–Trinajstić information content (AvgIpc) is 3.33. The van der Waals surface area contributed by atoms with Crippen molar-refractivity contribution < 1.29 is 0 Å². The third-order valence-electron chi connectivity index (χ3n) is 5.15. The minimum absolute atomic E-state index is 0. The van der Waals surface area contributed by atoms with E-state index in [0.29, 0.717) is 6.54 Å². The number of nitrogens with one attached hydrogen (secondary N) is 2. The highest BCUT2D eigenvalue weighted by Gasteiger charge is 2.43. The SMILES string of the molecule is CCNC(=NCc1ccnc(-n2cccn2)c1)NCC1(c2ccccc2)CC1.I. The van der Waals surface area contributed by atoms with Crippen molar-refractivity contribution in [1.82, 2.24) is 25.4 Å². The Morgan fingerprint density at radius 3 is 2.62 bits per heavy atom. The fraction of sp³-hybridized carbons (Fsp3) is 0.318. The summed E-state index contributed by atoms with van der Waals surface area (Å²) in [4.78, 5) is 9.14. The molecule has 1 saturated carbocycles. The van der Waals surface area contributed by atoms with Crippen molar-refractivity contribution in [2.24, 2.45) is 4.99 Å². The van der Waals surface area contributed by atoms with Crippen LogP contribution in [0.2, 0.25) is 0 Å². The zero-order chi connectivity index (χ0) is 19.2. The molecule has 6 nitrogen and oxygen atoms in total. The fourth-order valence-electron chi connectivity index (χ4n) is 3.36. The molecular weight excluding hydrogens is 475 g/mol. The highest BCUT2D eigenvalue weighted by Crippen LogP contribution is 2.47. The van der Waals surface area contributed by atoms with E-state index in [1.165, 1.54) is 18.4 Å². The van der Waals surface area contributed by atoms with Gasteiger partial charge in [0.25, 0.3) is 0 Å². The second-order valence-electron chi connectivity index (χ2n) is 7.17. The maximum atomic E-state index is 4.77. The Kier molecular flexibility index (Phi) is 7.24. The molecule has 0 aliphatic heterocycles. The normalized spacial score (nSPS) is 14.7. The van der Waals surface area contributed by atoms with Crippen molar-refractivity contribution in [1.29, 1.82) is 0 Å². The molecule has 1 aliphatic rings. The van der Waals surface area contributed by atoms with E-state index in [-0.39, 0.29) is 29.4 Å². The molecule has 0 amide bonds. The Labute approximate surface area is 188 Å². The first-order chi connectivity index (χ1) is 13.8. The Morgan fingerprint density at radius 1 is 1.10 bits per heavy atom. The summed E-state index contributed by atoms with van der Waals surface area (Å²) >= 11 is 0. The molecule has 152 valence electrons. The Morgan fingerprint density at radius 2 is 1.93 bits per heavy atom. The first-order valence-corrected chi connectivity index (χ1v) is 9.82. The summed E-state index contributed by atoms with van der Waals surface area (Å²) in [5.41, 5.74) is 2.76. The van der Waals surface area contributed by atoms with Crippen LogP contribution in [0.1, 0.15) is 30.9 Å². The van der Waals surface area contributed by atoms with Crippen LogP contribution < -0.4 is 10.6 Å². The van der Waals surface area contributed by atoms with Gasteiger partial charge in [-0.2, -0.15) is 5.10 Å². The van der Waals surface area contributed by atoms with E-state index < -0.39 is 0 Å². The number of hydrogen-bond acceptors (Lipinski definition) is 3. The van der Waals surface area contributed by atoms with Crippen LogP contribution >= 0.6 is 24.0 Å². The molecule has 0 radical (unpaired) electrons. The summed E-state index contributed by atoms with van der Waals surface area (Å²) in [7, 11) is 0. The van der Waals surface area contributed by atoms with E-state index in [0.717, 1.165) is 30.4 Å². The third-order valence-corrected chi connectivity index (χ3v) is 5.15. The molecule has 0 bridgehead atoms. The molecule has 0 unspecified atom stereocenters. The lowest BCUT2D eigenvalue weighted by molar-refractivity contribution is 0.646. The van der Waals surface area contributed by atoms with Gasteiger partial charge in [-0.1, -0.05) is 30.3 Å². The number of aliphatic imine (C=N–C) groups is 1. The highest BCUT2D eigenvalue weighted by molar-refractivity contribution is 14.0. The Hall–Kier alpha value is -2.42. The largest absolute Gasteiger partial charge is 0.357 e. The quantitative estimate of drug-likeness (QED) is 0.294. The summed E-state index contributed by atoms with van der Waals surface area (Å²) in [6.45, 7) is 4.41. The molecule has 2 heterocycles. The lowest BCUT2D eigenvalue weighted by Gasteiger charge is -2.19. The number of aromatic nitrogens is 3. The molecule has 1 aliphatic carbocycles. The van der Waals surface area contributed by atoms with Crippen LogP contribution in [0.3, 0.4) is 0 Å². The van der Waals surface area contributed by atoms with Crippen LogP contribution in [0, 0.1) is 0 Å². The number of nitrogens with zero attached hydrogens (tertiary/aromatic N) is 4. The molecule has 7 heteroatoms. The van der Waals surface area contributed by atoms with Gasteiger partial charge in [0.15, 0.2) is 11.8 Å². The molecule has 3 aromatic rings. The molecule has 4 rings (SSSR count). The Bertz CT molecular complexity index is 919. The van der Waals surface area contributed by atoms with E-state index in [2.05, 4.69) is 58.0 Å². The summed E-state index contributed by atoms with van der Waals surface area (Å²) in [5, 5.41) is 11.1. The van der Waals surface area contributed by atoms with Gasteiger partial charge >= 0.3 is 0 Å². The van der Waals surface area contributed by atoms with Gasteiger partial charge < -0.3 is 10.6 Å². The number of hydrogen-bond donors (Lipinski definition) is 2. The van der Waals surface area contributed by atoms with Crippen molar-refractivity contribution in [2.75, 3.05) is 13.1 Å². The zero-order valence-electron chi connectivity index (χ0n) is 16.6. The highest BCUT2D eigenvalue weighted by atomic mass is 127. The molecule has 0 saturated heterocycles. The van der Waals surface area contributed by atoms with Crippen molar-refractivity contribution in [3.05, 3.63) is 78.2 Å². The lowest BCUT2D eigenvalue weighted by Crippen LogP contribution is -2.41. The molecule has 2 N–H and O–H groups in total. The number of pyridine rings is 1. The van der Waals surface area contributed by atoms with Crippen LogP contribution in [0.15, 0.2) is 72.1 Å². The molecule has 2 aromatic heterocycles. The van der Waals surface area contributed by atoms with E-state index in [1.807, 2.05) is 24.4 Å². The zero-order valence-corrected chi connectivity index (χ0v) is 18.9. The predicted molar refractivity (Wildman–Crippen MR) is 127 cm³/mol. The molecule has 29 heavy (non-hydrogen) atoms.